The van der Waals surface area contributed by atoms with Gasteiger partial charge in [-0.3, -0.25) is 9.50 Å². The van der Waals surface area contributed by atoms with Gasteiger partial charge >= 0.3 is 0 Å². The quantitative estimate of drug-likeness (QED) is 0.706. The lowest BCUT2D eigenvalue weighted by Gasteiger charge is -2.17. The Labute approximate surface area is 104 Å². The van der Waals surface area contributed by atoms with Crippen molar-refractivity contribution in [3.8, 4) is 11.4 Å². The minimum Gasteiger partial charge on any atom is -0.281 e. The Bertz CT molecular complexity index is 688. The van der Waals surface area contributed by atoms with Crippen LogP contribution in [0.5, 0.6) is 0 Å². The average molecular weight is 242 g/mol. The van der Waals surface area contributed by atoms with Crippen molar-refractivity contribution < 1.29 is 0 Å². The third-order valence-electron chi connectivity index (χ3n) is 2.82. The Morgan fingerprint density at radius 1 is 1.22 bits per heavy atom. The number of H-pyrrole nitrogens is 1. The molecule has 0 amide bonds. The molecule has 18 heavy (non-hydrogen) atoms. The van der Waals surface area contributed by atoms with Gasteiger partial charge in [-0.1, -0.05) is 20.8 Å². The zero-order valence-electron chi connectivity index (χ0n) is 10.5. The van der Waals surface area contributed by atoms with Gasteiger partial charge in [-0.2, -0.15) is 5.10 Å². The summed E-state index contributed by atoms with van der Waals surface area (Å²) in [6.07, 6.45) is 5.38. The van der Waals surface area contributed by atoms with E-state index in [9.17, 15) is 0 Å². The molecule has 6 heteroatoms. The molecule has 0 unspecified atom stereocenters. The number of rotatable bonds is 1. The van der Waals surface area contributed by atoms with Crippen LogP contribution in [0.1, 0.15) is 26.5 Å². The lowest BCUT2D eigenvalue weighted by molar-refractivity contribution is 0.568. The minimum absolute atomic E-state index is 0.0279. The van der Waals surface area contributed by atoms with Crippen molar-refractivity contribution in [2.75, 3.05) is 0 Å². The van der Waals surface area contributed by atoms with Crippen molar-refractivity contribution in [3.63, 3.8) is 0 Å². The molecule has 0 spiro atoms. The predicted molar refractivity (Wildman–Crippen MR) is 67.1 cm³/mol. The Kier molecular flexibility index (Phi) is 2.19. The largest absolute Gasteiger partial charge is 0.281 e. The van der Waals surface area contributed by atoms with Crippen molar-refractivity contribution in [2.24, 2.45) is 0 Å². The molecule has 0 atom stereocenters. The molecule has 0 bridgehead atoms. The first-order chi connectivity index (χ1) is 8.57. The van der Waals surface area contributed by atoms with Gasteiger partial charge in [0.05, 0.1) is 17.5 Å². The van der Waals surface area contributed by atoms with E-state index in [2.05, 4.69) is 46.1 Å². The molecule has 1 N–H and O–H groups in total. The van der Waals surface area contributed by atoms with Crippen LogP contribution in [0.15, 0.2) is 24.7 Å². The van der Waals surface area contributed by atoms with Crippen LogP contribution in [0.25, 0.3) is 17.2 Å². The summed E-state index contributed by atoms with van der Waals surface area (Å²) in [4.78, 5) is 4.16. The second-order valence-corrected chi connectivity index (χ2v) is 5.22. The number of hydrogen-bond acceptors (Lipinski definition) is 4. The van der Waals surface area contributed by atoms with Gasteiger partial charge in [0, 0.05) is 17.8 Å². The van der Waals surface area contributed by atoms with E-state index in [-0.39, 0.29) is 5.41 Å². The van der Waals surface area contributed by atoms with Crippen molar-refractivity contribution in [1.82, 2.24) is 29.8 Å². The van der Waals surface area contributed by atoms with E-state index in [4.69, 9.17) is 0 Å². The standard InChI is InChI=1S/C12H14N6/c1-12(2,3)9-8(7-14-15-9)10-16-17-11-13-5-4-6-18(10)11/h4-7H,1-3H3,(H,14,15). The smallest absolute Gasteiger partial charge is 0.255 e. The van der Waals surface area contributed by atoms with Crippen molar-refractivity contribution in [1.29, 1.82) is 0 Å². The number of fused-ring (bicyclic) bond motifs is 1. The Morgan fingerprint density at radius 3 is 2.83 bits per heavy atom. The van der Waals surface area contributed by atoms with Crippen LogP contribution in [-0.4, -0.2) is 29.8 Å². The summed E-state index contributed by atoms with van der Waals surface area (Å²) in [5.74, 6) is 1.35. The van der Waals surface area contributed by atoms with Gasteiger partial charge in [-0.25, -0.2) is 4.98 Å². The maximum atomic E-state index is 4.20. The lowest BCUT2D eigenvalue weighted by atomic mass is 9.89. The van der Waals surface area contributed by atoms with Gasteiger partial charge < -0.3 is 0 Å². The van der Waals surface area contributed by atoms with Gasteiger partial charge in [0.1, 0.15) is 0 Å². The average Bonchev–Trinajstić information content (AvgIpc) is 2.93. The summed E-state index contributed by atoms with van der Waals surface area (Å²) in [5.41, 5.74) is 1.98. The van der Waals surface area contributed by atoms with Gasteiger partial charge in [-0.15, -0.1) is 10.2 Å². The van der Waals surface area contributed by atoms with Crippen LogP contribution in [0.2, 0.25) is 0 Å². The maximum Gasteiger partial charge on any atom is 0.255 e. The van der Waals surface area contributed by atoms with Crippen LogP contribution < -0.4 is 0 Å². The molecule has 0 aromatic carbocycles. The Hall–Kier alpha value is -2.24. The number of aromatic nitrogens is 6. The van der Waals surface area contributed by atoms with Gasteiger partial charge in [0.2, 0.25) is 0 Å². The van der Waals surface area contributed by atoms with Crippen LogP contribution in [0.4, 0.5) is 0 Å². The second kappa shape index (κ2) is 3.63. The topological polar surface area (TPSA) is 71.8 Å². The number of hydrogen-bond donors (Lipinski definition) is 1. The third-order valence-corrected chi connectivity index (χ3v) is 2.82. The predicted octanol–water partition coefficient (Wildman–Crippen LogP) is 1.81. The first-order valence-corrected chi connectivity index (χ1v) is 5.77. The van der Waals surface area contributed by atoms with Crippen LogP contribution in [0, 0.1) is 0 Å². The van der Waals surface area contributed by atoms with Crippen molar-refractivity contribution in [2.45, 2.75) is 26.2 Å². The third kappa shape index (κ3) is 1.57. The number of nitrogens with one attached hydrogen (secondary N) is 1. The van der Waals surface area contributed by atoms with Crippen LogP contribution in [0.3, 0.4) is 0 Å². The zero-order valence-corrected chi connectivity index (χ0v) is 10.5. The molecule has 0 saturated heterocycles. The fourth-order valence-electron chi connectivity index (χ4n) is 1.95. The molecular weight excluding hydrogens is 228 g/mol. The van der Waals surface area contributed by atoms with E-state index in [1.54, 1.807) is 12.4 Å². The zero-order chi connectivity index (χ0) is 12.8. The normalized spacial score (nSPS) is 12.2. The van der Waals surface area contributed by atoms with E-state index in [1.165, 1.54) is 0 Å². The highest BCUT2D eigenvalue weighted by Gasteiger charge is 2.23. The molecule has 0 aliphatic heterocycles. The first kappa shape index (κ1) is 10.9. The first-order valence-electron chi connectivity index (χ1n) is 5.77. The molecule has 0 aliphatic carbocycles. The highest BCUT2D eigenvalue weighted by molar-refractivity contribution is 5.61. The summed E-state index contributed by atoms with van der Waals surface area (Å²) in [7, 11) is 0. The Morgan fingerprint density at radius 2 is 2.06 bits per heavy atom. The summed E-state index contributed by atoms with van der Waals surface area (Å²) < 4.78 is 1.86. The molecule has 0 fully saturated rings. The van der Waals surface area contributed by atoms with Gasteiger partial charge in [0.25, 0.3) is 5.78 Å². The summed E-state index contributed by atoms with van der Waals surface area (Å²) in [5, 5.41) is 15.4. The minimum atomic E-state index is -0.0279. The van der Waals surface area contributed by atoms with E-state index in [0.717, 1.165) is 17.1 Å². The van der Waals surface area contributed by atoms with Crippen LogP contribution >= 0.6 is 0 Å². The molecular formula is C12H14N6. The fourth-order valence-corrected chi connectivity index (χ4v) is 1.95. The van der Waals surface area contributed by atoms with Gasteiger partial charge in [0.15, 0.2) is 5.82 Å². The lowest BCUT2D eigenvalue weighted by Crippen LogP contribution is -2.13. The molecule has 3 heterocycles. The molecule has 0 saturated carbocycles. The monoisotopic (exact) mass is 242 g/mol. The highest BCUT2D eigenvalue weighted by atomic mass is 15.3. The summed E-state index contributed by atoms with van der Waals surface area (Å²) >= 11 is 0. The van der Waals surface area contributed by atoms with Gasteiger partial charge in [-0.05, 0) is 6.07 Å². The molecule has 3 aromatic rings. The summed E-state index contributed by atoms with van der Waals surface area (Å²) in [6, 6.07) is 1.86. The molecule has 3 rings (SSSR count). The SMILES string of the molecule is CC(C)(C)c1[nH]ncc1-c1nnc2ncccn12. The molecule has 92 valence electrons. The van der Waals surface area contributed by atoms with E-state index in [1.807, 2.05) is 16.7 Å². The molecule has 0 radical (unpaired) electrons. The summed E-state index contributed by atoms with van der Waals surface area (Å²) in [6.45, 7) is 6.39. The van der Waals surface area contributed by atoms with E-state index < -0.39 is 0 Å². The molecule has 0 aliphatic rings. The molecule has 6 nitrogen and oxygen atoms in total. The van der Waals surface area contributed by atoms with E-state index in [0.29, 0.717) is 5.78 Å². The van der Waals surface area contributed by atoms with Crippen LogP contribution in [-0.2, 0) is 5.41 Å². The maximum absolute atomic E-state index is 4.20. The Balaban J connectivity index is 2.25. The fraction of sp³-hybridized carbons (Fsp3) is 0.333. The van der Waals surface area contributed by atoms with E-state index >= 15 is 0 Å². The highest BCUT2D eigenvalue weighted by Crippen LogP contribution is 2.29. The number of nitrogens with zero attached hydrogens (tertiary/aromatic N) is 5. The van der Waals surface area contributed by atoms with Crippen molar-refractivity contribution in [3.05, 3.63) is 30.4 Å². The number of aromatic amines is 1. The molecule has 3 aromatic heterocycles. The second-order valence-electron chi connectivity index (χ2n) is 5.22. The van der Waals surface area contributed by atoms with Crippen molar-refractivity contribution >= 4 is 5.78 Å².